The van der Waals surface area contributed by atoms with Crippen LogP contribution in [0, 0.1) is 0 Å². The second kappa shape index (κ2) is 4.33. The average molecular weight is 280 g/mol. The molecule has 0 aromatic heterocycles. The number of para-hydroxylation sites is 1. The van der Waals surface area contributed by atoms with E-state index in [1.807, 2.05) is 0 Å². The molecule has 0 N–H and O–H groups in total. The third-order valence-electron chi connectivity index (χ3n) is 2.40. The summed E-state index contributed by atoms with van der Waals surface area (Å²) >= 11 is 1.55. The number of hydrogen-bond donors (Lipinski definition) is 0. The molecule has 3 heteroatoms. The van der Waals surface area contributed by atoms with Gasteiger partial charge in [0, 0.05) is 0 Å². The molecule has 0 atom stereocenters. The van der Waals surface area contributed by atoms with E-state index in [4.69, 9.17) is 0 Å². The van der Waals surface area contributed by atoms with Crippen LogP contribution in [0.1, 0.15) is 0 Å². The van der Waals surface area contributed by atoms with Crippen molar-refractivity contribution in [2.75, 3.05) is 31.1 Å². The average Bonchev–Trinajstić information content (AvgIpc) is 2.20. The van der Waals surface area contributed by atoms with Crippen molar-refractivity contribution in [2.45, 2.75) is 0 Å². The van der Waals surface area contributed by atoms with Gasteiger partial charge in [0.1, 0.15) is 0 Å². The van der Waals surface area contributed by atoms with Gasteiger partial charge >= 0.3 is 93.0 Å². The molecule has 0 unspecified atom stereocenters. The molecule has 1 aromatic rings. The number of rotatable bonds is 1. The first-order chi connectivity index (χ1) is 6.36. The van der Waals surface area contributed by atoms with E-state index >= 15 is 0 Å². The monoisotopic (exact) mass is 281 g/mol. The minimum atomic E-state index is 1.18. The van der Waals surface area contributed by atoms with Gasteiger partial charge in [0.25, 0.3) is 0 Å². The SMILES string of the molecule is [Sn][N]1CCN(c2ccccc2)CC1. The van der Waals surface area contributed by atoms with E-state index in [1.165, 1.54) is 31.9 Å². The van der Waals surface area contributed by atoms with Crippen LogP contribution in [0.15, 0.2) is 30.3 Å². The third-order valence-corrected chi connectivity index (χ3v) is 3.68. The van der Waals surface area contributed by atoms with Crippen LogP contribution in [0.25, 0.3) is 0 Å². The summed E-state index contributed by atoms with van der Waals surface area (Å²) in [6, 6.07) is 10.7. The summed E-state index contributed by atoms with van der Waals surface area (Å²) in [5, 5.41) is 0. The first kappa shape index (κ1) is 9.34. The van der Waals surface area contributed by atoms with Crippen molar-refractivity contribution in [3.8, 4) is 0 Å². The van der Waals surface area contributed by atoms with Crippen molar-refractivity contribution in [1.82, 2.24) is 3.12 Å². The number of hydrogen-bond acceptors (Lipinski definition) is 2. The van der Waals surface area contributed by atoms with E-state index < -0.39 is 0 Å². The molecule has 1 saturated heterocycles. The molecule has 67 valence electrons. The van der Waals surface area contributed by atoms with E-state index in [1.54, 1.807) is 22.8 Å². The van der Waals surface area contributed by atoms with E-state index in [-0.39, 0.29) is 0 Å². The molecule has 0 spiro atoms. The van der Waals surface area contributed by atoms with Crippen LogP contribution in [0.5, 0.6) is 0 Å². The Morgan fingerprint density at radius 1 is 0.923 bits per heavy atom. The second-order valence-corrected chi connectivity index (χ2v) is 5.11. The number of nitrogens with zero attached hydrogens (tertiary/aromatic N) is 2. The number of benzene rings is 1. The summed E-state index contributed by atoms with van der Waals surface area (Å²) in [5.74, 6) is 0. The maximum atomic E-state index is 2.46. The normalized spacial score (nSPS) is 19.0. The zero-order valence-electron chi connectivity index (χ0n) is 7.61. The molecule has 0 bridgehead atoms. The van der Waals surface area contributed by atoms with Crippen molar-refractivity contribution >= 4 is 28.5 Å². The van der Waals surface area contributed by atoms with Gasteiger partial charge in [-0.1, -0.05) is 0 Å². The summed E-state index contributed by atoms with van der Waals surface area (Å²) < 4.78 is 2.46. The summed E-state index contributed by atoms with van der Waals surface area (Å²) in [6.45, 7) is 4.78. The van der Waals surface area contributed by atoms with E-state index in [0.29, 0.717) is 0 Å². The Bertz CT molecular complexity index is 255. The molecule has 0 saturated carbocycles. The Balaban J connectivity index is 2.03. The minimum absolute atomic E-state index is 1.18. The molecule has 1 aliphatic rings. The van der Waals surface area contributed by atoms with Crippen LogP contribution in [-0.4, -0.2) is 52.1 Å². The predicted molar refractivity (Wildman–Crippen MR) is 56.0 cm³/mol. The number of piperazine rings is 1. The summed E-state index contributed by atoms with van der Waals surface area (Å²) in [5.41, 5.74) is 1.37. The topological polar surface area (TPSA) is 6.48 Å². The van der Waals surface area contributed by atoms with Gasteiger partial charge in [0.15, 0.2) is 0 Å². The van der Waals surface area contributed by atoms with Crippen molar-refractivity contribution in [3.05, 3.63) is 30.3 Å². The Hall–Kier alpha value is -0.221. The zero-order chi connectivity index (χ0) is 9.10. The van der Waals surface area contributed by atoms with Crippen molar-refractivity contribution in [1.29, 1.82) is 0 Å². The molecule has 13 heavy (non-hydrogen) atoms. The van der Waals surface area contributed by atoms with Gasteiger partial charge in [0.2, 0.25) is 0 Å². The quantitative estimate of drug-likeness (QED) is 0.705. The fraction of sp³-hybridized carbons (Fsp3) is 0.400. The predicted octanol–water partition coefficient (Wildman–Crippen LogP) is 0.892. The van der Waals surface area contributed by atoms with Gasteiger partial charge in [-0.25, -0.2) is 0 Å². The van der Waals surface area contributed by atoms with E-state index in [9.17, 15) is 0 Å². The van der Waals surface area contributed by atoms with E-state index in [0.717, 1.165) is 0 Å². The molecule has 1 aliphatic heterocycles. The van der Waals surface area contributed by atoms with Crippen molar-refractivity contribution in [2.24, 2.45) is 0 Å². The number of anilines is 1. The first-order valence-electron chi connectivity index (χ1n) is 4.62. The maximum absolute atomic E-state index is 2.46. The zero-order valence-corrected chi connectivity index (χ0v) is 10.5. The van der Waals surface area contributed by atoms with Crippen LogP contribution in [0.2, 0.25) is 0 Å². The Morgan fingerprint density at radius 2 is 1.54 bits per heavy atom. The fourth-order valence-electron chi connectivity index (χ4n) is 1.60. The molecular weight excluding hydrogens is 267 g/mol. The molecule has 1 heterocycles. The van der Waals surface area contributed by atoms with Crippen LogP contribution < -0.4 is 4.90 Å². The molecule has 1 fully saturated rings. The Morgan fingerprint density at radius 3 is 2.15 bits per heavy atom. The molecule has 2 nitrogen and oxygen atoms in total. The first-order valence-corrected chi connectivity index (χ1v) is 5.90. The standard InChI is InChI=1S/C10H13N2.Sn/c1-2-4-10(5-3-1)12-8-6-11-7-9-12;/h1-5H,6-9H2;/q-1;+1. The molecule has 3 radical (unpaired) electrons. The molecule has 0 aliphatic carbocycles. The second-order valence-electron chi connectivity index (χ2n) is 3.31. The fourth-order valence-corrected chi connectivity index (χ4v) is 2.17. The van der Waals surface area contributed by atoms with Crippen LogP contribution in [0.3, 0.4) is 0 Å². The van der Waals surface area contributed by atoms with Gasteiger partial charge < -0.3 is 0 Å². The van der Waals surface area contributed by atoms with Gasteiger partial charge in [-0.15, -0.1) is 0 Å². The summed E-state index contributed by atoms with van der Waals surface area (Å²) in [7, 11) is 0. The molecule has 0 amide bonds. The van der Waals surface area contributed by atoms with E-state index in [2.05, 4.69) is 38.4 Å². The van der Waals surface area contributed by atoms with Crippen molar-refractivity contribution in [3.63, 3.8) is 0 Å². The Kier molecular flexibility index (Phi) is 3.11. The van der Waals surface area contributed by atoms with Gasteiger partial charge in [0.05, 0.1) is 0 Å². The van der Waals surface area contributed by atoms with Crippen molar-refractivity contribution < 1.29 is 0 Å². The van der Waals surface area contributed by atoms with Gasteiger partial charge in [-0.2, -0.15) is 0 Å². The third kappa shape index (κ3) is 2.37. The molecule has 1 aromatic carbocycles. The molecule has 2 rings (SSSR count). The Labute approximate surface area is 93.0 Å². The van der Waals surface area contributed by atoms with Crippen LogP contribution in [0.4, 0.5) is 5.69 Å². The van der Waals surface area contributed by atoms with Crippen LogP contribution in [-0.2, 0) is 0 Å². The summed E-state index contributed by atoms with van der Waals surface area (Å²) in [6.07, 6.45) is 0. The molecular formula is C10H13N2Sn. The van der Waals surface area contributed by atoms with Crippen LogP contribution >= 0.6 is 0 Å². The van der Waals surface area contributed by atoms with Gasteiger partial charge in [-0.05, 0) is 0 Å². The summed E-state index contributed by atoms with van der Waals surface area (Å²) in [4.78, 5) is 2.46. The van der Waals surface area contributed by atoms with Gasteiger partial charge in [-0.3, -0.25) is 0 Å².